The number of hydrogen-bond donors (Lipinski definition) is 2. The van der Waals surface area contributed by atoms with E-state index in [9.17, 15) is 9.59 Å². The van der Waals surface area contributed by atoms with Crippen molar-refractivity contribution in [3.05, 3.63) is 0 Å². The lowest BCUT2D eigenvalue weighted by molar-refractivity contribution is -0.144. The van der Waals surface area contributed by atoms with E-state index < -0.39 is 5.97 Å². The maximum atomic E-state index is 11.7. The molecule has 0 bridgehead atoms. The fourth-order valence-corrected chi connectivity index (χ4v) is 2.22. The van der Waals surface area contributed by atoms with Gasteiger partial charge in [-0.2, -0.15) is 0 Å². The lowest BCUT2D eigenvalue weighted by Crippen LogP contribution is -2.46. The average Bonchev–Trinajstić information content (AvgIpc) is 2.29. The van der Waals surface area contributed by atoms with Crippen LogP contribution in [0.3, 0.4) is 0 Å². The third-order valence-electron chi connectivity index (χ3n) is 3.05. The van der Waals surface area contributed by atoms with Crippen LogP contribution in [0.1, 0.15) is 19.8 Å². The predicted molar refractivity (Wildman–Crippen MR) is 66.3 cm³/mol. The number of ether oxygens (including phenoxy) is 1. The van der Waals surface area contributed by atoms with E-state index in [1.54, 1.807) is 7.11 Å². The zero-order valence-corrected chi connectivity index (χ0v) is 11.0. The van der Waals surface area contributed by atoms with Gasteiger partial charge in [-0.25, -0.2) is 0 Å². The third kappa shape index (κ3) is 5.01. The van der Waals surface area contributed by atoms with Gasteiger partial charge in [-0.05, 0) is 26.3 Å². The molecule has 0 saturated carbocycles. The number of hydrogen-bond acceptors (Lipinski definition) is 4. The predicted octanol–water partition coefficient (Wildman–Crippen LogP) is -0.0659. The van der Waals surface area contributed by atoms with Gasteiger partial charge in [0.15, 0.2) is 0 Å². The van der Waals surface area contributed by atoms with Gasteiger partial charge >= 0.3 is 5.97 Å². The Morgan fingerprint density at radius 1 is 1.56 bits per heavy atom. The van der Waals surface area contributed by atoms with Gasteiger partial charge in [-0.15, -0.1) is 0 Å². The highest BCUT2D eigenvalue weighted by Crippen LogP contribution is 2.16. The van der Waals surface area contributed by atoms with Gasteiger partial charge in [0.2, 0.25) is 5.91 Å². The minimum absolute atomic E-state index is 0.0254. The number of carboxylic acids is 1. The molecule has 6 heteroatoms. The van der Waals surface area contributed by atoms with E-state index >= 15 is 0 Å². The van der Waals surface area contributed by atoms with Crippen LogP contribution in [0.5, 0.6) is 0 Å². The second-order valence-corrected chi connectivity index (χ2v) is 4.84. The zero-order valence-electron chi connectivity index (χ0n) is 11.0. The first-order valence-electron chi connectivity index (χ1n) is 6.26. The fraction of sp³-hybridized carbons (Fsp3) is 0.833. The van der Waals surface area contributed by atoms with Crippen LogP contribution in [0.2, 0.25) is 0 Å². The number of rotatable bonds is 6. The molecule has 2 N–H and O–H groups in total. The molecule has 6 nitrogen and oxygen atoms in total. The molecule has 1 rings (SSSR count). The minimum Gasteiger partial charge on any atom is -0.481 e. The number of nitrogens with one attached hydrogen (secondary N) is 1. The van der Waals surface area contributed by atoms with Crippen LogP contribution in [0.15, 0.2) is 0 Å². The molecular weight excluding hydrogens is 236 g/mol. The Hall–Kier alpha value is -1.14. The van der Waals surface area contributed by atoms with E-state index in [-0.39, 0.29) is 24.4 Å². The summed E-state index contributed by atoms with van der Waals surface area (Å²) in [5.74, 6) is -1.19. The molecule has 1 fully saturated rings. The first kappa shape index (κ1) is 14.9. The number of nitrogens with zero attached hydrogens (tertiary/aromatic N) is 1. The molecule has 1 amide bonds. The van der Waals surface area contributed by atoms with Crippen molar-refractivity contribution in [3.8, 4) is 0 Å². The van der Waals surface area contributed by atoms with Crippen molar-refractivity contribution in [2.75, 3.05) is 33.4 Å². The van der Waals surface area contributed by atoms with Crippen LogP contribution in [-0.4, -0.2) is 61.3 Å². The average molecular weight is 258 g/mol. The normalized spacial score (nSPS) is 22.4. The topological polar surface area (TPSA) is 78.9 Å². The molecule has 104 valence electrons. The van der Waals surface area contributed by atoms with Gasteiger partial charge in [-0.1, -0.05) is 0 Å². The fourth-order valence-electron chi connectivity index (χ4n) is 2.22. The van der Waals surface area contributed by atoms with Crippen molar-refractivity contribution in [2.24, 2.45) is 5.92 Å². The van der Waals surface area contributed by atoms with Crippen LogP contribution >= 0.6 is 0 Å². The van der Waals surface area contributed by atoms with Crippen LogP contribution < -0.4 is 5.32 Å². The standard InChI is InChI=1S/C12H22N2O4/c1-9(8-18-2)13-11(15)7-14-5-3-4-10(6-14)12(16)17/h9-10H,3-8H2,1-2H3,(H,13,15)(H,16,17). The molecule has 2 unspecified atom stereocenters. The molecule has 0 radical (unpaired) electrons. The summed E-state index contributed by atoms with van der Waals surface area (Å²) < 4.78 is 4.94. The minimum atomic E-state index is -0.771. The number of carbonyl (C=O) groups excluding carboxylic acids is 1. The zero-order chi connectivity index (χ0) is 13.5. The molecular formula is C12H22N2O4. The molecule has 0 aromatic heterocycles. The monoisotopic (exact) mass is 258 g/mol. The largest absolute Gasteiger partial charge is 0.481 e. The van der Waals surface area contributed by atoms with E-state index in [0.29, 0.717) is 19.6 Å². The second-order valence-electron chi connectivity index (χ2n) is 4.84. The first-order valence-corrected chi connectivity index (χ1v) is 6.26. The summed E-state index contributed by atoms with van der Waals surface area (Å²) in [6.07, 6.45) is 1.53. The maximum absolute atomic E-state index is 11.7. The lowest BCUT2D eigenvalue weighted by Gasteiger charge is -2.30. The summed E-state index contributed by atoms with van der Waals surface area (Å²) >= 11 is 0. The Bertz CT molecular complexity index is 296. The number of amides is 1. The molecule has 0 spiro atoms. The van der Waals surface area contributed by atoms with Crippen LogP contribution in [0.25, 0.3) is 0 Å². The van der Waals surface area contributed by atoms with Gasteiger partial charge in [0.25, 0.3) is 0 Å². The molecule has 1 saturated heterocycles. The number of aliphatic carboxylic acids is 1. The number of carbonyl (C=O) groups is 2. The number of methoxy groups -OCH3 is 1. The van der Waals surface area contributed by atoms with Gasteiger partial charge < -0.3 is 15.2 Å². The summed E-state index contributed by atoms with van der Waals surface area (Å²) in [5, 5.41) is 11.8. The van der Waals surface area contributed by atoms with E-state index in [0.717, 1.165) is 13.0 Å². The molecule has 0 aromatic rings. The van der Waals surface area contributed by atoms with Crippen LogP contribution in [-0.2, 0) is 14.3 Å². The van der Waals surface area contributed by atoms with Crippen molar-refractivity contribution in [1.82, 2.24) is 10.2 Å². The number of piperidine rings is 1. The summed E-state index contributed by atoms with van der Waals surface area (Å²) in [6.45, 7) is 3.86. The third-order valence-corrected chi connectivity index (χ3v) is 3.05. The molecule has 1 aliphatic rings. The Labute approximate surface area is 107 Å². The Kier molecular flexibility index (Phi) is 6.07. The quantitative estimate of drug-likeness (QED) is 0.697. The molecule has 0 aromatic carbocycles. The highest BCUT2D eigenvalue weighted by molar-refractivity contribution is 5.78. The molecule has 1 aliphatic heterocycles. The summed E-state index contributed by atoms with van der Waals surface area (Å²) in [4.78, 5) is 24.5. The lowest BCUT2D eigenvalue weighted by atomic mass is 9.98. The maximum Gasteiger partial charge on any atom is 0.307 e. The Morgan fingerprint density at radius 3 is 2.89 bits per heavy atom. The van der Waals surface area contributed by atoms with Crippen molar-refractivity contribution < 1.29 is 19.4 Å². The van der Waals surface area contributed by atoms with E-state index in [1.165, 1.54) is 0 Å². The van der Waals surface area contributed by atoms with Gasteiger partial charge in [0.1, 0.15) is 0 Å². The highest BCUT2D eigenvalue weighted by Gasteiger charge is 2.26. The number of carboxylic acid groups (broad SMARTS) is 1. The van der Waals surface area contributed by atoms with Gasteiger partial charge in [0, 0.05) is 19.7 Å². The Balaban J connectivity index is 2.33. The van der Waals surface area contributed by atoms with Gasteiger partial charge in [0.05, 0.1) is 19.1 Å². The molecule has 2 atom stereocenters. The highest BCUT2D eigenvalue weighted by atomic mass is 16.5. The molecule has 0 aliphatic carbocycles. The first-order chi connectivity index (χ1) is 8.52. The van der Waals surface area contributed by atoms with Crippen LogP contribution in [0, 0.1) is 5.92 Å². The summed E-state index contributed by atoms with van der Waals surface area (Å²) in [6, 6.07) is -0.0254. The smallest absolute Gasteiger partial charge is 0.307 e. The van der Waals surface area contributed by atoms with E-state index in [1.807, 2.05) is 11.8 Å². The van der Waals surface area contributed by atoms with Crippen molar-refractivity contribution in [3.63, 3.8) is 0 Å². The van der Waals surface area contributed by atoms with Crippen LogP contribution in [0.4, 0.5) is 0 Å². The number of likely N-dealkylation sites (tertiary alicyclic amines) is 1. The molecule has 18 heavy (non-hydrogen) atoms. The van der Waals surface area contributed by atoms with E-state index in [2.05, 4.69) is 5.32 Å². The van der Waals surface area contributed by atoms with Crippen molar-refractivity contribution >= 4 is 11.9 Å². The summed E-state index contributed by atoms with van der Waals surface area (Å²) in [5.41, 5.74) is 0. The van der Waals surface area contributed by atoms with Gasteiger partial charge in [-0.3, -0.25) is 14.5 Å². The Morgan fingerprint density at radius 2 is 2.28 bits per heavy atom. The second kappa shape index (κ2) is 7.33. The van der Waals surface area contributed by atoms with E-state index in [4.69, 9.17) is 9.84 Å². The summed E-state index contributed by atoms with van der Waals surface area (Å²) in [7, 11) is 1.59. The van der Waals surface area contributed by atoms with Crippen molar-refractivity contribution in [2.45, 2.75) is 25.8 Å². The SMILES string of the molecule is COCC(C)NC(=O)CN1CCCC(C(=O)O)C1. The van der Waals surface area contributed by atoms with Crippen molar-refractivity contribution in [1.29, 1.82) is 0 Å². The molecule has 1 heterocycles.